The number of rotatable bonds is 2. The number of nitriles is 1. The van der Waals surface area contributed by atoms with Gasteiger partial charge in [0.1, 0.15) is 11.8 Å². The quantitative estimate of drug-likeness (QED) is 0.912. The van der Waals surface area contributed by atoms with Gasteiger partial charge in [-0.05, 0) is 31.2 Å². The predicted octanol–water partition coefficient (Wildman–Crippen LogP) is 3.82. The normalized spacial score (nSPS) is 9.89. The summed E-state index contributed by atoms with van der Waals surface area (Å²) < 4.78 is 0.890. The van der Waals surface area contributed by atoms with Crippen molar-refractivity contribution in [2.24, 2.45) is 0 Å². The first kappa shape index (κ1) is 12.8. The van der Waals surface area contributed by atoms with E-state index in [-0.39, 0.29) is 0 Å². The van der Waals surface area contributed by atoms with Crippen molar-refractivity contribution in [3.8, 4) is 6.07 Å². The number of hydrogen-bond donors (Lipinski definition) is 1. The lowest BCUT2D eigenvalue weighted by Gasteiger charge is -2.07. The Hall–Kier alpha value is -1.64. The first-order valence-electron chi connectivity index (χ1n) is 5.06. The van der Waals surface area contributed by atoms with Crippen LogP contribution in [0.15, 0.2) is 28.7 Å². The summed E-state index contributed by atoms with van der Waals surface area (Å²) in [6, 6.07) is 9.04. The SMILES string of the molecule is Cc1cc(C#N)nc(Nc2ccc(Br)cc2Cl)n1. The number of benzene rings is 1. The van der Waals surface area contributed by atoms with E-state index in [0.29, 0.717) is 22.4 Å². The lowest BCUT2D eigenvalue weighted by molar-refractivity contribution is 1.09. The molecule has 1 heterocycles. The van der Waals surface area contributed by atoms with Crippen LogP contribution < -0.4 is 5.32 Å². The molecule has 0 aliphatic heterocycles. The second kappa shape index (κ2) is 5.34. The van der Waals surface area contributed by atoms with Gasteiger partial charge in [0, 0.05) is 10.2 Å². The summed E-state index contributed by atoms with van der Waals surface area (Å²) >= 11 is 9.41. The van der Waals surface area contributed by atoms with E-state index in [0.717, 1.165) is 10.2 Å². The maximum Gasteiger partial charge on any atom is 0.228 e. The minimum atomic E-state index is 0.318. The molecule has 0 unspecified atom stereocenters. The van der Waals surface area contributed by atoms with Gasteiger partial charge in [-0.25, -0.2) is 9.97 Å². The Kier molecular flexibility index (Phi) is 3.80. The summed E-state index contributed by atoms with van der Waals surface area (Å²) in [6.45, 7) is 1.80. The summed E-state index contributed by atoms with van der Waals surface area (Å²) in [5.74, 6) is 0.357. The van der Waals surface area contributed by atoms with Gasteiger partial charge in [-0.2, -0.15) is 5.26 Å². The largest absolute Gasteiger partial charge is 0.323 e. The number of nitrogens with zero attached hydrogens (tertiary/aromatic N) is 3. The Balaban J connectivity index is 2.34. The molecule has 0 spiro atoms. The lowest BCUT2D eigenvalue weighted by atomic mass is 10.3. The van der Waals surface area contributed by atoms with Crippen LogP contribution >= 0.6 is 27.5 Å². The molecule has 1 N–H and O–H groups in total. The van der Waals surface area contributed by atoms with E-state index in [9.17, 15) is 0 Å². The summed E-state index contributed by atoms with van der Waals surface area (Å²) in [5.41, 5.74) is 1.73. The van der Waals surface area contributed by atoms with Crippen molar-refractivity contribution in [2.45, 2.75) is 6.92 Å². The molecule has 0 radical (unpaired) electrons. The van der Waals surface area contributed by atoms with E-state index >= 15 is 0 Å². The highest BCUT2D eigenvalue weighted by Crippen LogP contribution is 2.27. The van der Waals surface area contributed by atoms with Gasteiger partial charge in [-0.1, -0.05) is 27.5 Å². The first-order valence-corrected chi connectivity index (χ1v) is 6.23. The fourth-order valence-electron chi connectivity index (χ4n) is 1.39. The number of aryl methyl sites for hydroxylation is 1. The van der Waals surface area contributed by atoms with Gasteiger partial charge in [0.25, 0.3) is 0 Å². The van der Waals surface area contributed by atoms with E-state index in [1.807, 2.05) is 18.2 Å². The van der Waals surface area contributed by atoms with Gasteiger partial charge in [-0.15, -0.1) is 0 Å². The number of nitrogens with one attached hydrogen (secondary N) is 1. The van der Waals surface area contributed by atoms with Crippen molar-refractivity contribution in [1.29, 1.82) is 5.26 Å². The average molecular weight is 324 g/mol. The van der Waals surface area contributed by atoms with Gasteiger partial charge in [0.15, 0.2) is 0 Å². The highest BCUT2D eigenvalue weighted by atomic mass is 79.9. The van der Waals surface area contributed by atoms with Gasteiger partial charge >= 0.3 is 0 Å². The molecule has 90 valence electrons. The Bertz CT molecular complexity index is 636. The van der Waals surface area contributed by atoms with Crippen LogP contribution in [0.4, 0.5) is 11.6 Å². The van der Waals surface area contributed by atoms with Crippen LogP contribution in [0.2, 0.25) is 5.02 Å². The third-order valence-corrected chi connectivity index (χ3v) is 2.95. The molecule has 0 amide bonds. The minimum Gasteiger partial charge on any atom is -0.323 e. The molecular weight excluding hydrogens is 316 g/mol. The number of aromatic nitrogens is 2. The van der Waals surface area contributed by atoms with E-state index in [4.69, 9.17) is 16.9 Å². The van der Waals surface area contributed by atoms with Crippen molar-refractivity contribution >= 4 is 39.2 Å². The Morgan fingerprint density at radius 3 is 2.78 bits per heavy atom. The topological polar surface area (TPSA) is 61.6 Å². The fourth-order valence-corrected chi connectivity index (χ4v) is 2.11. The van der Waals surface area contributed by atoms with Crippen LogP contribution in [0.1, 0.15) is 11.4 Å². The number of halogens is 2. The summed E-state index contributed by atoms with van der Waals surface area (Å²) in [6.07, 6.45) is 0. The molecule has 2 rings (SSSR count). The third-order valence-electron chi connectivity index (χ3n) is 2.15. The fraction of sp³-hybridized carbons (Fsp3) is 0.0833. The monoisotopic (exact) mass is 322 g/mol. The Morgan fingerprint density at radius 1 is 1.33 bits per heavy atom. The van der Waals surface area contributed by atoms with Gasteiger partial charge in [0.2, 0.25) is 5.95 Å². The van der Waals surface area contributed by atoms with Crippen molar-refractivity contribution in [1.82, 2.24) is 9.97 Å². The third kappa shape index (κ3) is 2.97. The number of hydrogen-bond acceptors (Lipinski definition) is 4. The molecule has 0 atom stereocenters. The molecule has 1 aromatic heterocycles. The van der Waals surface area contributed by atoms with Crippen molar-refractivity contribution < 1.29 is 0 Å². The second-order valence-electron chi connectivity index (χ2n) is 3.58. The molecule has 1 aromatic carbocycles. The second-order valence-corrected chi connectivity index (χ2v) is 4.90. The maximum atomic E-state index is 8.84. The molecular formula is C12H8BrClN4. The summed E-state index contributed by atoms with van der Waals surface area (Å²) in [7, 11) is 0. The Morgan fingerprint density at radius 2 is 2.11 bits per heavy atom. The van der Waals surface area contributed by atoms with E-state index < -0.39 is 0 Å². The smallest absolute Gasteiger partial charge is 0.228 e. The van der Waals surface area contributed by atoms with Crippen molar-refractivity contribution in [3.63, 3.8) is 0 Å². The van der Waals surface area contributed by atoms with Crippen LogP contribution in [0, 0.1) is 18.3 Å². The van der Waals surface area contributed by atoms with Crippen molar-refractivity contribution in [3.05, 3.63) is 45.1 Å². The van der Waals surface area contributed by atoms with Gasteiger partial charge in [-0.3, -0.25) is 0 Å². The van der Waals surface area contributed by atoms with Crippen LogP contribution in [-0.2, 0) is 0 Å². The highest BCUT2D eigenvalue weighted by Gasteiger charge is 2.05. The molecule has 2 aromatic rings. The maximum absolute atomic E-state index is 8.84. The first-order chi connectivity index (χ1) is 8.58. The zero-order chi connectivity index (χ0) is 13.1. The van der Waals surface area contributed by atoms with E-state index in [1.54, 1.807) is 19.1 Å². The molecule has 0 aliphatic carbocycles. The van der Waals surface area contributed by atoms with Gasteiger partial charge < -0.3 is 5.32 Å². The summed E-state index contributed by atoms with van der Waals surface area (Å²) in [5, 5.41) is 12.4. The highest BCUT2D eigenvalue weighted by molar-refractivity contribution is 9.10. The minimum absolute atomic E-state index is 0.318. The van der Waals surface area contributed by atoms with Crippen LogP contribution in [0.5, 0.6) is 0 Å². The standard InChI is InChI=1S/C12H8BrClN4/c1-7-4-9(6-15)17-12(16-7)18-11-3-2-8(13)5-10(11)14/h2-5H,1H3,(H,16,17,18). The predicted molar refractivity (Wildman–Crippen MR) is 73.9 cm³/mol. The zero-order valence-corrected chi connectivity index (χ0v) is 11.7. The average Bonchev–Trinajstić information content (AvgIpc) is 2.32. The molecule has 0 fully saturated rings. The molecule has 4 nitrogen and oxygen atoms in total. The molecule has 0 saturated carbocycles. The molecule has 18 heavy (non-hydrogen) atoms. The van der Waals surface area contributed by atoms with Crippen LogP contribution in [0.3, 0.4) is 0 Å². The van der Waals surface area contributed by atoms with E-state index in [1.165, 1.54) is 0 Å². The Labute approximate surface area is 118 Å². The molecule has 0 saturated heterocycles. The van der Waals surface area contributed by atoms with Crippen LogP contribution in [-0.4, -0.2) is 9.97 Å². The molecule has 6 heteroatoms. The van der Waals surface area contributed by atoms with E-state index in [2.05, 4.69) is 31.2 Å². The molecule has 0 bridgehead atoms. The van der Waals surface area contributed by atoms with Crippen LogP contribution in [0.25, 0.3) is 0 Å². The lowest BCUT2D eigenvalue weighted by Crippen LogP contribution is -2.00. The number of anilines is 2. The zero-order valence-electron chi connectivity index (χ0n) is 9.41. The molecule has 0 aliphatic rings. The van der Waals surface area contributed by atoms with Crippen molar-refractivity contribution in [2.75, 3.05) is 5.32 Å². The summed E-state index contributed by atoms with van der Waals surface area (Å²) in [4.78, 5) is 8.25. The van der Waals surface area contributed by atoms with Gasteiger partial charge in [0.05, 0.1) is 10.7 Å².